The summed E-state index contributed by atoms with van der Waals surface area (Å²) in [5.41, 5.74) is 0.0721. The Labute approximate surface area is 79.0 Å². The molecular weight excluding hydrogens is 180 g/mol. The highest BCUT2D eigenvalue weighted by Crippen LogP contribution is 2.05. The monoisotopic (exact) mass is 186 g/mol. The molecule has 0 atom stereocenters. The van der Waals surface area contributed by atoms with Crippen LogP contribution in [0.1, 0.15) is 5.82 Å². The zero-order valence-corrected chi connectivity index (χ0v) is 7.14. The van der Waals surface area contributed by atoms with E-state index in [1.807, 2.05) is 0 Å². The van der Waals surface area contributed by atoms with Gasteiger partial charge in [-0.2, -0.15) is 9.94 Å². The van der Waals surface area contributed by atoms with Gasteiger partial charge in [0.1, 0.15) is 6.07 Å². The van der Waals surface area contributed by atoms with Gasteiger partial charge in [-0.3, -0.25) is 4.79 Å². The van der Waals surface area contributed by atoms with Crippen molar-refractivity contribution in [3.8, 4) is 6.07 Å². The minimum atomic E-state index is -0.410. The van der Waals surface area contributed by atoms with Gasteiger partial charge in [-0.1, -0.05) is 12.1 Å². The number of rotatable bonds is 0. The van der Waals surface area contributed by atoms with E-state index in [9.17, 15) is 4.79 Å². The van der Waals surface area contributed by atoms with Gasteiger partial charge >= 0.3 is 0 Å². The minimum absolute atomic E-state index is 0.0892. The van der Waals surface area contributed by atoms with Crippen LogP contribution in [0.15, 0.2) is 29.1 Å². The smallest absolute Gasteiger partial charge is 0.280 e. The molecule has 0 aliphatic heterocycles. The van der Waals surface area contributed by atoms with E-state index >= 15 is 0 Å². The summed E-state index contributed by atoms with van der Waals surface area (Å²) in [7, 11) is 0. The lowest BCUT2D eigenvalue weighted by atomic mass is 10.2. The zero-order valence-electron chi connectivity index (χ0n) is 7.14. The fraction of sp³-hybridized carbons (Fsp3) is 0. The van der Waals surface area contributed by atoms with Gasteiger partial charge in [0.2, 0.25) is 5.82 Å². The lowest BCUT2D eigenvalue weighted by molar-refractivity contribution is 0.886. The van der Waals surface area contributed by atoms with E-state index in [0.29, 0.717) is 10.9 Å². The molecule has 0 aliphatic rings. The van der Waals surface area contributed by atoms with Gasteiger partial charge in [0.25, 0.3) is 5.56 Å². The number of hydrogen-bond acceptors (Lipinski definition) is 4. The molecular formula is C9H6N4O. The topological polar surface area (TPSA) is 84.7 Å². The van der Waals surface area contributed by atoms with Crippen LogP contribution in [-0.2, 0) is 0 Å². The minimum Gasteiger partial charge on any atom is -0.334 e. The second kappa shape index (κ2) is 2.85. The Hall–Kier alpha value is -2.35. The predicted molar refractivity (Wildman–Crippen MR) is 50.9 cm³/mol. The first-order chi connectivity index (χ1) is 6.74. The third-order valence-corrected chi connectivity index (χ3v) is 1.91. The third kappa shape index (κ3) is 1.02. The highest BCUT2D eigenvalue weighted by molar-refractivity contribution is 5.77. The molecule has 0 radical (unpaired) electrons. The number of hydrogen-bond donors (Lipinski definition) is 1. The Balaban J connectivity index is 3.02. The van der Waals surface area contributed by atoms with Crippen molar-refractivity contribution in [3.05, 3.63) is 40.4 Å². The van der Waals surface area contributed by atoms with Crippen molar-refractivity contribution in [1.29, 1.82) is 5.26 Å². The van der Waals surface area contributed by atoms with E-state index in [1.165, 1.54) is 0 Å². The van der Waals surface area contributed by atoms with E-state index < -0.39 is 5.56 Å². The Kier molecular flexibility index (Phi) is 1.68. The number of para-hydroxylation sites is 1. The molecule has 1 aromatic heterocycles. The molecule has 0 saturated carbocycles. The van der Waals surface area contributed by atoms with Gasteiger partial charge in [0.05, 0.1) is 10.9 Å². The predicted octanol–water partition coefficient (Wildman–Crippen LogP) is -0.0180. The molecule has 5 heteroatoms. The van der Waals surface area contributed by atoms with Gasteiger partial charge < -0.3 is 5.84 Å². The second-order valence-corrected chi connectivity index (χ2v) is 2.74. The van der Waals surface area contributed by atoms with E-state index in [0.717, 1.165) is 4.68 Å². The largest absolute Gasteiger partial charge is 0.334 e. The van der Waals surface area contributed by atoms with Crippen LogP contribution in [0.5, 0.6) is 0 Å². The highest BCUT2D eigenvalue weighted by Gasteiger charge is 2.06. The second-order valence-electron chi connectivity index (χ2n) is 2.74. The molecule has 0 amide bonds. The van der Waals surface area contributed by atoms with Gasteiger partial charge in [-0.15, -0.1) is 0 Å². The highest BCUT2D eigenvalue weighted by atomic mass is 16.1. The van der Waals surface area contributed by atoms with Crippen molar-refractivity contribution in [2.75, 3.05) is 5.84 Å². The average Bonchev–Trinajstić information content (AvgIpc) is 2.23. The van der Waals surface area contributed by atoms with Crippen molar-refractivity contribution >= 4 is 10.9 Å². The summed E-state index contributed by atoms with van der Waals surface area (Å²) >= 11 is 0. The normalized spacial score (nSPS) is 9.93. The lowest BCUT2D eigenvalue weighted by Gasteiger charge is -2.01. The molecule has 0 saturated heterocycles. The number of fused-ring (bicyclic) bond motifs is 1. The van der Waals surface area contributed by atoms with Gasteiger partial charge in [0, 0.05) is 0 Å². The Morgan fingerprint density at radius 1 is 1.43 bits per heavy atom. The first-order valence-corrected chi connectivity index (χ1v) is 3.91. The van der Waals surface area contributed by atoms with Crippen LogP contribution in [0.3, 0.4) is 0 Å². The first kappa shape index (κ1) is 8.26. The number of aromatic nitrogens is 2. The van der Waals surface area contributed by atoms with Crippen molar-refractivity contribution < 1.29 is 0 Å². The molecule has 0 fully saturated rings. The quantitative estimate of drug-likeness (QED) is 0.586. The van der Waals surface area contributed by atoms with E-state index in [4.69, 9.17) is 11.1 Å². The lowest BCUT2D eigenvalue weighted by Crippen LogP contribution is -2.30. The standard InChI is InChI=1S/C9H6N4O/c10-5-8-12-7-4-2-1-3-6(7)9(14)13(8)11/h1-4H,11H2. The van der Waals surface area contributed by atoms with E-state index in [2.05, 4.69) is 4.98 Å². The summed E-state index contributed by atoms with van der Waals surface area (Å²) < 4.78 is 0.752. The van der Waals surface area contributed by atoms with Crippen molar-refractivity contribution in [2.24, 2.45) is 0 Å². The van der Waals surface area contributed by atoms with Gasteiger partial charge in [-0.05, 0) is 12.1 Å². The van der Waals surface area contributed by atoms with E-state index in [-0.39, 0.29) is 5.82 Å². The number of nitrogens with two attached hydrogens (primary N) is 1. The van der Waals surface area contributed by atoms with Crippen molar-refractivity contribution in [3.63, 3.8) is 0 Å². The van der Waals surface area contributed by atoms with Crippen molar-refractivity contribution in [1.82, 2.24) is 9.66 Å². The molecule has 68 valence electrons. The Bertz CT molecular complexity index is 594. The molecule has 1 aromatic carbocycles. The van der Waals surface area contributed by atoms with Crippen LogP contribution in [0.2, 0.25) is 0 Å². The first-order valence-electron chi connectivity index (χ1n) is 3.91. The number of nitriles is 1. The maximum atomic E-state index is 11.6. The summed E-state index contributed by atoms with van der Waals surface area (Å²) in [6.07, 6.45) is 0. The van der Waals surface area contributed by atoms with Crippen LogP contribution in [0, 0.1) is 11.3 Å². The number of benzene rings is 1. The maximum absolute atomic E-state index is 11.6. The molecule has 2 aromatic rings. The summed E-state index contributed by atoms with van der Waals surface area (Å²) in [6.45, 7) is 0. The van der Waals surface area contributed by atoms with Crippen LogP contribution in [-0.4, -0.2) is 9.66 Å². The summed E-state index contributed by atoms with van der Waals surface area (Å²) in [5.74, 6) is 5.29. The fourth-order valence-corrected chi connectivity index (χ4v) is 1.22. The molecule has 1 heterocycles. The van der Waals surface area contributed by atoms with E-state index in [1.54, 1.807) is 30.3 Å². The molecule has 2 N–H and O–H groups in total. The van der Waals surface area contributed by atoms with Crippen LogP contribution in [0.25, 0.3) is 10.9 Å². The fourth-order valence-electron chi connectivity index (χ4n) is 1.22. The van der Waals surface area contributed by atoms with Crippen LogP contribution >= 0.6 is 0 Å². The summed E-state index contributed by atoms with van der Waals surface area (Å²) in [6, 6.07) is 8.51. The van der Waals surface area contributed by atoms with Crippen LogP contribution in [0.4, 0.5) is 0 Å². The van der Waals surface area contributed by atoms with Gasteiger partial charge in [0.15, 0.2) is 0 Å². The Morgan fingerprint density at radius 3 is 2.86 bits per heavy atom. The molecule has 0 unspecified atom stereocenters. The Morgan fingerprint density at radius 2 is 2.14 bits per heavy atom. The molecule has 0 aliphatic carbocycles. The third-order valence-electron chi connectivity index (χ3n) is 1.91. The van der Waals surface area contributed by atoms with Crippen molar-refractivity contribution in [2.45, 2.75) is 0 Å². The molecule has 2 rings (SSSR count). The molecule has 5 nitrogen and oxygen atoms in total. The molecule has 0 spiro atoms. The average molecular weight is 186 g/mol. The van der Waals surface area contributed by atoms with Gasteiger partial charge in [-0.25, -0.2) is 4.98 Å². The number of nitrogens with zero attached hydrogens (tertiary/aromatic N) is 3. The number of nitrogen functional groups attached to an aromatic ring is 1. The summed E-state index contributed by atoms with van der Waals surface area (Å²) in [4.78, 5) is 15.5. The van der Waals surface area contributed by atoms with Crippen LogP contribution < -0.4 is 11.4 Å². The zero-order chi connectivity index (χ0) is 10.1. The molecule has 14 heavy (non-hydrogen) atoms. The summed E-state index contributed by atoms with van der Waals surface area (Å²) in [5, 5.41) is 9.06. The maximum Gasteiger partial charge on any atom is 0.280 e. The SMILES string of the molecule is N#Cc1nc2ccccc2c(=O)n1N. The molecule has 0 bridgehead atoms.